The second-order valence-electron chi connectivity index (χ2n) is 4.95. The van der Waals surface area contributed by atoms with Gasteiger partial charge in [0.05, 0.1) is 12.0 Å². The molecule has 0 fully saturated rings. The zero-order valence-electron chi connectivity index (χ0n) is 12.5. The van der Waals surface area contributed by atoms with E-state index in [9.17, 15) is 10.1 Å². The minimum absolute atomic E-state index is 0.0493. The van der Waals surface area contributed by atoms with Crippen LogP contribution in [-0.2, 0) is 6.54 Å². The smallest absolute Gasteiger partial charge is 0.311 e. The molecule has 2 aromatic carbocycles. The van der Waals surface area contributed by atoms with Gasteiger partial charge in [-0.15, -0.1) is 0 Å². The molecule has 0 aliphatic heterocycles. The Labute approximate surface area is 132 Å². The van der Waals surface area contributed by atoms with Gasteiger partial charge in [0.1, 0.15) is 5.75 Å². The van der Waals surface area contributed by atoms with Gasteiger partial charge in [-0.3, -0.25) is 10.1 Å². The van der Waals surface area contributed by atoms with Gasteiger partial charge in [0.25, 0.3) is 0 Å². The molecular weight excluding hydrogens is 294 g/mol. The number of fused-ring (bicyclic) bond motifs is 1. The van der Waals surface area contributed by atoms with Crippen LogP contribution in [0.4, 0.5) is 11.5 Å². The van der Waals surface area contributed by atoms with Crippen LogP contribution < -0.4 is 10.1 Å². The molecule has 0 radical (unpaired) electrons. The fourth-order valence-electron chi connectivity index (χ4n) is 2.54. The Kier molecular flexibility index (Phi) is 4.05. The maximum Gasteiger partial charge on any atom is 0.311 e. The van der Waals surface area contributed by atoms with E-state index in [-0.39, 0.29) is 11.5 Å². The van der Waals surface area contributed by atoms with E-state index < -0.39 is 4.92 Å². The number of nitrogens with zero attached hydrogens (tertiary/aromatic N) is 2. The predicted octanol–water partition coefficient (Wildman–Crippen LogP) is 3.76. The minimum Gasteiger partial charge on any atom is -0.496 e. The molecule has 1 aromatic heterocycles. The van der Waals surface area contributed by atoms with Crippen LogP contribution in [-0.4, -0.2) is 17.0 Å². The monoisotopic (exact) mass is 309 g/mol. The molecule has 0 amide bonds. The van der Waals surface area contributed by atoms with E-state index in [4.69, 9.17) is 4.74 Å². The lowest BCUT2D eigenvalue weighted by molar-refractivity contribution is -0.384. The molecule has 23 heavy (non-hydrogen) atoms. The second kappa shape index (κ2) is 6.31. The van der Waals surface area contributed by atoms with Gasteiger partial charge >= 0.3 is 5.69 Å². The van der Waals surface area contributed by atoms with Crippen LogP contribution in [0.25, 0.3) is 10.8 Å². The summed E-state index contributed by atoms with van der Waals surface area (Å²) in [6.07, 6.45) is 1.52. The van der Waals surface area contributed by atoms with E-state index >= 15 is 0 Å². The number of hydrogen-bond donors (Lipinski definition) is 1. The fourth-order valence-corrected chi connectivity index (χ4v) is 2.54. The molecule has 1 N–H and O–H groups in total. The van der Waals surface area contributed by atoms with Crippen LogP contribution in [0.1, 0.15) is 5.56 Å². The third kappa shape index (κ3) is 2.91. The van der Waals surface area contributed by atoms with E-state index in [1.54, 1.807) is 13.2 Å². The molecule has 0 unspecified atom stereocenters. The van der Waals surface area contributed by atoms with Crippen LogP contribution in [0.15, 0.2) is 54.7 Å². The molecule has 0 saturated carbocycles. The summed E-state index contributed by atoms with van der Waals surface area (Å²) in [5.41, 5.74) is 0.886. The molecule has 3 rings (SSSR count). The summed E-state index contributed by atoms with van der Waals surface area (Å²) in [5, 5.41) is 16.2. The van der Waals surface area contributed by atoms with Crippen molar-refractivity contribution in [3.63, 3.8) is 0 Å². The van der Waals surface area contributed by atoms with Crippen molar-refractivity contribution in [1.82, 2.24) is 4.98 Å². The molecule has 6 nitrogen and oxygen atoms in total. The van der Waals surface area contributed by atoms with Crippen molar-refractivity contribution in [2.75, 3.05) is 12.4 Å². The van der Waals surface area contributed by atoms with Gasteiger partial charge in [-0.2, -0.15) is 0 Å². The number of methoxy groups -OCH3 is 1. The lowest BCUT2D eigenvalue weighted by Crippen LogP contribution is -2.06. The maximum absolute atomic E-state index is 11.1. The first-order valence-electron chi connectivity index (χ1n) is 7.08. The normalized spacial score (nSPS) is 10.5. The summed E-state index contributed by atoms with van der Waals surface area (Å²) in [6.45, 7) is 0.377. The summed E-state index contributed by atoms with van der Waals surface area (Å²) >= 11 is 0. The molecular formula is C17H15N3O3. The molecule has 0 saturated heterocycles. The van der Waals surface area contributed by atoms with Gasteiger partial charge in [-0.05, 0) is 22.9 Å². The molecule has 6 heteroatoms. The van der Waals surface area contributed by atoms with Gasteiger partial charge in [0.15, 0.2) is 0 Å². The number of anilines is 1. The molecule has 0 spiro atoms. The van der Waals surface area contributed by atoms with E-state index in [1.807, 2.05) is 36.4 Å². The highest BCUT2D eigenvalue weighted by Crippen LogP contribution is 2.29. The van der Waals surface area contributed by atoms with Crippen molar-refractivity contribution >= 4 is 22.3 Å². The van der Waals surface area contributed by atoms with E-state index in [1.165, 1.54) is 12.3 Å². The summed E-state index contributed by atoms with van der Waals surface area (Å²) in [6, 6.07) is 14.8. The van der Waals surface area contributed by atoms with Crippen molar-refractivity contribution in [1.29, 1.82) is 0 Å². The average Bonchev–Trinajstić information content (AvgIpc) is 2.59. The summed E-state index contributed by atoms with van der Waals surface area (Å²) in [7, 11) is 1.61. The summed E-state index contributed by atoms with van der Waals surface area (Å²) < 4.78 is 5.43. The topological polar surface area (TPSA) is 77.3 Å². The first-order chi connectivity index (χ1) is 11.2. The Balaban J connectivity index is 1.98. The standard InChI is InChI=1S/C17H15N3O3/c1-23-16-9-8-12-5-2-3-6-13(12)14(16)11-19-17-15(20(21)22)7-4-10-18-17/h2-10H,11H2,1H3,(H,18,19). The molecule has 1 heterocycles. The van der Waals surface area contributed by atoms with Crippen molar-refractivity contribution in [2.24, 2.45) is 0 Å². The third-order valence-electron chi connectivity index (χ3n) is 3.63. The van der Waals surface area contributed by atoms with E-state index in [0.29, 0.717) is 6.54 Å². The number of nitrogens with one attached hydrogen (secondary N) is 1. The highest BCUT2D eigenvalue weighted by atomic mass is 16.6. The molecule has 0 bridgehead atoms. The number of ether oxygens (including phenoxy) is 1. The van der Waals surface area contributed by atoms with Gasteiger partial charge in [-0.1, -0.05) is 30.3 Å². The zero-order valence-corrected chi connectivity index (χ0v) is 12.5. The molecule has 0 aliphatic rings. The molecule has 3 aromatic rings. The minimum atomic E-state index is -0.449. The second-order valence-corrected chi connectivity index (χ2v) is 4.95. The van der Waals surface area contributed by atoms with Crippen LogP contribution >= 0.6 is 0 Å². The van der Waals surface area contributed by atoms with Gasteiger partial charge in [0.2, 0.25) is 5.82 Å². The number of pyridine rings is 1. The number of hydrogen-bond acceptors (Lipinski definition) is 5. The molecule has 0 aliphatic carbocycles. The molecule has 116 valence electrons. The Morgan fingerprint density at radius 3 is 2.78 bits per heavy atom. The fraction of sp³-hybridized carbons (Fsp3) is 0.118. The molecule has 0 atom stereocenters. The van der Waals surface area contributed by atoms with E-state index in [0.717, 1.165) is 22.1 Å². The summed E-state index contributed by atoms with van der Waals surface area (Å²) in [5.74, 6) is 0.974. The summed E-state index contributed by atoms with van der Waals surface area (Å²) in [4.78, 5) is 14.7. The van der Waals surface area contributed by atoms with E-state index in [2.05, 4.69) is 10.3 Å². The van der Waals surface area contributed by atoms with Gasteiger partial charge in [-0.25, -0.2) is 4.98 Å². The van der Waals surface area contributed by atoms with Crippen molar-refractivity contribution in [3.8, 4) is 5.75 Å². The van der Waals surface area contributed by atoms with Crippen molar-refractivity contribution < 1.29 is 9.66 Å². The maximum atomic E-state index is 11.1. The van der Waals surface area contributed by atoms with Crippen molar-refractivity contribution in [3.05, 3.63) is 70.4 Å². The van der Waals surface area contributed by atoms with Crippen molar-refractivity contribution in [2.45, 2.75) is 6.54 Å². The highest BCUT2D eigenvalue weighted by molar-refractivity contribution is 5.88. The number of benzene rings is 2. The van der Waals surface area contributed by atoms with Crippen LogP contribution in [0.5, 0.6) is 5.75 Å². The first kappa shape index (κ1) is 14.8. The predicted molar refractivity (Wildman–Crippen MR) is 88.7 cm³/mol. The Bertz CT molecular complexity index is 865. The average molecular weight is 309 g/mol. The highest BCUT2D eigenvalue weighted by Gasteiger charge is 2.15. The lowest BCUT2D eigenvalue weighted by atomic mass is 10.0. The Hall–Kier alpha value is -3.15. The first-order valence-corrected chi connectivity index (χ1v) is 7.08. The number of aromatic nitrogens is 1. The zero-order chi connectivity index (χ0) is 16.2. The third-order valence-corrected chi connectivity index (χ3v) is 3.63. The number of rotatable bonds is 5. The Morgan fingerprint density at radius 2 is 2.00 bits per heavy atom. The van der Waals surface area contributed by atoms with Gasteiger partial charge < -0.3 is 10.1 Å². The van der Waals surface area contributed by atoms with Crippen LogP contribution in [0.3, 0.4) is 0 Å². The lowest BCUT2D eigenvalue weighted by Gasteiger charge is -2.13. The Morgan fingerprint density at radius 1 is 1.17 bits per heavy atom. The quantitative estimate of drug-likeness (QED) is 0.573. The van der Waals surface area contributed by atoms with Crippen LogP contribution in [0, 0.1) is 10.1 Å². The largest absolute Gasteiger partial charge is 0.496 e. The number of nitro groups is 1. The van der Waals surface area contributed by atoms with Crippen LogP contribution in [0.2, 0.25) is 0 Å². The van der Waals surface area contributed by atoms with Gasteiger partial charge in [0, 0.05) is 24.4 Å². The SMILES string of the molecule is COc1ccc2ccccc2c1CNc1ncccc1[N+](=O)[O-].